The van der Waals surface area contributed by atoms with E-state index in [1.54, 1.807) is 0 Å². The van der Waals surface area contributed by atoms with Crippen molar-refractivity contribution >= 4 is 0 Å². The molecule has 0 N–H and O–H groups in total. The van der Waals surface area contributed by atoms with Gasteiger partial charge >= 0.3 is 0 Å². The first kappa shape index (κ1) is 13.9. The van der Waals surface area contributed by atoms with Crippen LogP contribution in [0.25, 0.3) is 0 Å². The van der Waals surface area contributed by atoms with Crippen LogP contribution in [0, 0.1) is 0 Å². The molecule has 22 heavy (non-hydrogen) atoms. The normalized spacial score (nSPS) is 23.4. The second-order valence-electron chi connectivity index (χ2n) is 6.20. The van der Waals surface area contributed by atoms with E-state index in [-0.39, 0.29) is 6.10 Å². The maximum Gasteiger partial charge on any atom is 0.229 e. The standard InChI is InChI=1S/C17H21N3O2/c1-2-5-13(6-3-1)11-20-9-10-21-15(12-20)16-18-17(22-19-16)14-7-4-8-14/h1-3,5-6,14-15H,4,7-12H2/t15-/m1/s1. The van der Waals surface area contributed by atoms with Crippen molar-refractivity contribution in [1.82, 2.24) is 15.0 Å². The maximum atomic E-state index is 5.85. The van der Waals surface area contributed by atoms with Crippen molar-refractivity contribution in [2.75, 3.05) is 19.7 Å². The summed E-state index contributed by atoms with van der Waals surface area (Å²) in [5, 5.41) is 4.15. The highest BCUT2D eigenvalue weighted by Crippen LogP contribution is 2.35. The van der Waals surface area contributed by atoms with Gasteiger partial charge in [-0.15, -0.1) is 0 Å². The molecule has 5 heteroatoms. The first-order chi connectivity index (χ1) is 10.9. The molecule has 1 aromatic carbocycles. The van der Waals surface area contributed by atoms with Gasteiger partial charge < -0.3 is 9.26 Å². The van der Waals surface area contributed by atoms with Crippen LogP contribution in [-0.2, 0) is 11.3 Å². The Bertz CT molecular complexity index is 609. The van der Waals surface area contributed by atoms with E-state index in [0.29, 0.717) is 18.3 Å². The minimum Gasteiger partial charge on any atom is -0.367 e. The van der Waals surface area contributed by atoms with Crippen molar-refractivity contribution in [2.45, 2.75) is 37.8 Å². The van der Waals surface area contributed by atoms with Crippen LogP contribution < -0.4 is 0 Å². The van der Waals surface area contributed by atoms with E-state index in [1.807, 2.05) is 6.07 Å². The van der Waals surface area contributed by atoms with Crippen LogP contribution in [-0.4, -0.2) is 34.7 Å². The third-order valence-electron chi connectivity index (χ3n) is 4.60. The summed E-state index contributed by atoms with van der Waals surface area (Å²) in [7, 11) is 0. The Kier molecular flexibility index (Phi) is 3.91. The molecule has 1 atom stereocenters. The fraction of sp³-hybridized carbons (Fsp3) is 0.529. The molecule has 0 radical (unpaired) electrons. The zero-order chi connectivity index (χ0) is 14.8. The van der Waals surface area contributed by atoms with Gasteiger partial charge in [-0.25, -0.2) is 0 Å². The molecule has 5 nitrogen and oxygen atoms in total. The average Bonchev–Trinajstić information content (AvgIpc) is 2.96. The number of aromatic nitrogens is 2. The molecule has 1 saturated heterocycles. The van der Waals surface area contributed by atoms with E-state index < -0.39 is 0 Å². The van der Waals surface area contributed by atoms with Crippen LogP contribution in [0.1, 0.15) is 48.6 Å². The summed E-state index contributed by atoms with van der Waals surface area (Å²) in [6.45, 7) is 3.41. The molecule has 2 fully saturated rings. The van der Waals surface area contributed by atoms with Gasteiger partial charge in [-0.05, 0) is 18.4 Å². The molecule has 2 heterocycles. The number of rotatable bonds is 4. The van der Waals surface area contributed by atoms with Crippen molar-refractivity contribution < 1.29 is 9.26 Å². The van der Waals surface area contributed by atoms with Crippen molar-refractivity contribution in [3.05, 3.63) is 47.6 Å². The maximum absolute atomic E-state index is 5.85. The molecule has 1 aromatic heterocycles. The Morgan fingerprint density at radius 1 is 1.18 bits per heavy atom. The van der Waals surface area contributed by atoms with Crippen LogP contribution in [0.2, 0.25) is 0 Å². The summed E-state index contributed by atoms with van der Waals surface area (Å²) in [5.74, 6) is 1.98. The molecular weight excluding hydrogens is 278 g/mol. The predicted octanol–water partition coefficient (Wildman–Crippen LogP) is 2.91. The Morgan fingerprint density at radius 3 is 2.82 bits per heavy atom. The summed E-state index contributed by atoms with van der Waals surface area (Å²) in [6.07, 6.45) is 3.54. The fourth-order valence-corrected chi connectivity index (χ4v) is 3.04. The van der Waals surface area contributed by atoms with Crippen molar-refractivity contribution in [1.29, 1.82) is 0 Å². The molecule has 1 saturated carbocycles. The minimum absolute atomic E-state index is 0.0740. The van der Waals surface area contributed by atoms with Gasteiger partial charge in [-0.2, -0.15) is 4.98 Å². The molecule has 116 valence electrons. The lowest BCUT2D eigenvalue weighted by Crippen LogP contribution is -2.38. The highest BCUT2D eigenvalue weighted by molar-refractivity contribution is 5.14. The fourth-order valence-electron chi connectivity index (χ4n) is 3.04. The topological polar surface area (TPSA) is 51.4 Å². The largest absolute Gasteiger partial charge is 0.367 e. The molecule has 1 aliphatic heterocycles. The zero-order valence-corrected chi connectivity index (χ0v) is 12.6. The quantitative estimate of drug-likeness (QED) is 0.869. The van der Waals surface area contributed by atoms with Gasteiger partial charge in [0, 0.05) is 25.6 Å². The van der Waals surface area contributed by atoms with Gasteiger partial charge in [0.1, 0.15) is 6.10 Å². The molecule has 2 aromatic rings. The SMILES string of the molecule is c1ccc(CN2CCO[C@@H](c3noc(C4CCC4)n3)C2)cc1. The highest BCUT2D eigenvalue weighted by atomic mass is 16.5. The zero-order valence-electron chi connectivity index (χ0n) is 12.6. The molecular formula is C17H21N3O2. The number of nitrogens with zero attached hydrogens (tertiary/aromatic N) is 3. The lowest BCUT2D eigenvalue weighted by atomic mass is 9.85. The Morgan fingerprint density at radius 2 is 2.05 bits per heavy atom. The third-order valence-corrected chi connectivity index (χ3v) is 4.60. The van der Waals surface area contributed by atoms with Crippen LogP contribution >= 0.6 is 0 Å². The summed E-state index contributed by atoms with van der Waals surface area (Å²) in [6, 6.07) is 10.5. The van der Waals surface area contributed by atoms with Crippen molar-refractivity contribution in [3.63, 3.8) is 0 Å². The van der Waals surface area contributed by atoms with E-state index in [2.05, 4.69) is 39.3 Å². The van der Waals surface area contributed by atoms with E-state index in [9.17, 15) is 0 Å². The number of morpholine rings is 1. The van der Waals surface area contributed by atoms with Crippen molar-refractivity contribution in [2.24, 2.45) is 0 Å². The summed E-state index contributed by atoms with van der Waals surface area (Å²) in [5.41, 5.74) is 1.33. The van der Waals surface area contributed by atoms with Gasteiger partial charge in [0.2, 0.25) is 11.7 Å². The first-order valence-electron chi connectivity index (χ1n) is 8.10. The smallest absolute Gasteiger partial charge is 0.229 e. The van der Waals surface area contributed by atoms with Gasteiger partial charge in [0.25, 0.3) is 0 Å². The van der Waals surface area contributed by atoms with E-state index in [1.165, 1.54) is 24.8 Å². The summed E-state index contributed by atoms with van der Waals surface area (Å²) < 4.78 is 11.3. The second-order valence-corrected chi connectivity index (χ2v) is 6.20. The minimum atomic E-state index is -0.0740. The van der Waals surface area contributed by atoms with Crippen molar-refractivity contribution in [3.8, 4) is 0 Å². The van der Waals surface area contributed by atoms with E-state index in [4.69, 9.17) is 9.26 Å². The summed E-state index contributed by atoms with van der Waals surface area (Å²) >= 11 is 0. The van der Waals surface area contributed by atoms with Gasteiger partial charge in [0.15, 0.2) is 0 Å². The highest BCUT2D eigenvalue weighted by Gasteiger charge is 2.30. The molecule has 0 spiro atoms. The number of hydrogen-bond acceptors (Lipinski definition) is 5. The predicted molar refractivity (Wildman–Crippen MR) is 81.3 cm³/mol. The van der Waals surface area contributed by atoms with Crippen LogP contribution in [0.15, 0.2) is 34.9 Å². The van der Waals surface area contributed by atoms with Crippen LogP contribution in [0.5, 0.6) is 0 Å². The number of ether oxygens (including phenoxy) is 1. The second kappa shape index (κ2) is 6.18. The molecule has 4 rings (SSSR count). The lowest BCUT2D eigenvalue weighted by molar-refractivity contribution is -0.0380. The van der Waals surface area contributed by atoms with Gasteiger partial charge in [-0.3, -0.25) is 4.90 Å². The number of hydrogen-bond donors (Lipinski definition) is 0. The Balaban J connectivity index is 1.41. The number of benzene rings is 1. The van der Waals surface area contributed by atoms with Gasteiger partial charge in [0.05, 0.1) is 6.61 Å². The Labute approximate surface area is 130 Å². The third kappa shape index (κ3) is 2.91. The van der Waals surface area contributed by atoms with E-state index in [0.717, 1.165) is 25.5 Å². The summed E-state index contributed by atoms with van der Waals surface area (Å²) in [4.78, 5) is 6.96. The average molecular weight is 299 g/mol. The van der Waals surface area contributed by atoms with Crippen LogP contribution in [0.3, 0.4) is 0 Å². The van der Waals surface area contributed by atoms with Gasteiger partial charge in [-0.1, -0.05) is 41.9 Å². The monoisotopic (exact) mass is 299 g/mol. The lowest BCUT2D eigenvalue weighted by Gasteiger charge is -2.31. The first-order valence-corrected chi connectivity index (χ1v) is 8.10. The Hall–Kier alpha value is -1.72. The molecule has 0 bridgehead atoms. The molecule has 1 aliphatic carbocycles. The van der Waals surface area contributed by atoms with Crippen LogP contribution in [0.4, 0.5) is 0 Å². The molecule has 0 unspecified atom stereocenters. The molecule has 2 aliphatic rings. The molecule has 0 amide bonds. The van der Waals surface area contributed by atoms with E-state index >= 15 is 0 Å².